The molecule has 6 heteroatoms. The van der Waals surface area contributed by atoms with Gasteiger partial charge < -0.3 is 15.1 Å². The lowest BCUT2D eigenvalue weighted by Gasteiger charge is -2.39. The molecule has 0 radical (unpaired) electrons. The standard InChI is InChI=1S/C26H38N4O2/c1-8-9-14-19(21-17-29(25(2,3)4)24(32)30(21)26(5,6)7)23(31)28-20-15-10-12-18-13-11-16-27-22(18)20/h10-13,15-16,19,21H,8-9,14,17H2,1-7H3,(H,28,31). The molecule has 1 aliphatic rings. The maximum absolute atomic E-state index is 13.7. The Morgan fingerprint density at radius 1 is 1.12 bits per heavy atom. The van der Waals surface area contributed by atoms with Gasteiger partial charge in [0.25, 0.3) is 0 Å². The van der Waals surface area contributed by atoms with Crippen molar-refractivity contribution in [1.82, 2.24) is 14.8 Å². The average Bonchev–Trinajstić information content (AvgIpc) is 3.06. The van der Waals surface area contributed by atoms with Crippen molar-refractivity contribution in [2.75, 3.05) is 11.9 Å². The topological polar surface area (TPSA) is 65.5 Å². The van der Waals surface area contributed by atoms with Gasteiger partial charge in [0.05, 0.1) is 23.2 Å². The monoisotopic (exact) mass is 438 g/mol. The number of benzene rings is 1. The molecule has 0 spiro atoms. The molecular formula is C26H38N4O2. The van der Waals surface area contributed by atoms with E-state index in [0.717, 1.165) is 30.2 Å². The van der Waals surface area contributed by atoms with Gasteiger partial charge in [-0.15, -0.1) is 0 Å². The van der Waals surface area contributed by atoms with Crippen molar-refractivity contribution in [2.24, 2.45) is 5.92 Å². The molecule has 3 amide bonds. The van der Waals surface area contributed by atoms with Gasteiger partial charge in [-0.05, 0) is 60.1 Å². The summed E-state index contributed by atoms with van der Waals surface area (Å²) in [4.78, 5) is 35.5. The van der Waals surface area contributed by atoms with Crippen LogP contribution in [0.1, 0.15) is 67.7 Å². The second kappa shape index (κ2) is 9.08. The molecular weight excluding hydrogens is 400 g/mol. The number of unbranched alkanes of at least 4 members (excludes halogenated alkanes) is 1. The fraction of sp³-hybridized carbons (Fsp3) is 0.577. The highest BCUT2D eigenvalue weighted by Crippen LogP contribution is 2.36. The minimum Gasteiger partial charge on any atom is -0.324 e. The smallest absolute Gasteiger partial charge is 0.321 e. The first-order chi connectivity index (χ1) is 14.9. The molecule has 3 rings (SSSR count). The number of para-hydroxylation sites is 1. The summed E-state index contributed by atoms with van der Waals surface area (Å²) in [6, 6.07) is 9.53. The van der Waals surface area contributed by atoms with Crippen molar-refractivity contribution in [1.29, 1.82) is 0 Å². The van der Waals surface area contributed by atoms with Gasteiger partial charge >= 0.3 is 6.03 Å². The van der Waals surface area contributed by atoms with Gasteiger partial charge in [0.2, 0.25) is 5.91 Å². The second-order valence-electron chi connectivity index (χ2n) is 10.8. The second-order valence-corrected chi connectivity index (χ2v) is 10.8. The number of nitrogens with one attached hydrogen (secondary N) is 1. The van der Waals surface area contributed by atoms with E-state index in [-0.39, 0.29) is 35.0 Å². The molecule has 1 aromatic heterocycles. The van der Waals surface area contributed by atoms with Crippen LogP contribution < -0.4 is 5.32 Å². The van der Waals surface area contributed by atoms with Gasteiger partial charge in [-0.3, -0.25) is 9.78 Å². The number of hydrogen-bond acceptors (Lipinski definition) is 3. The molecule has 0 saturated carbocycles. The summed E-state index contributed by atoms with van der Waals surface area (Å²) in [5, 5.41) is 4.14. The Balaban J connectivity index is 1.96. The molecule has 1 fully saturated rings. The number of nitrogens with zero attached hydrogens (tertiary/aromatic N) is 3. The minimum absolute atomic E-state index is 0.0103. The normalized spacial score (nSPS) is 18.3. The zero-order chi connectivity index (χ0) is 23.7. The Hall–Kier alpha value is -2.63. The van der Waals surface area contributed by atoms with Crippen LogP contribution in [0, 0.1) is 5.92 Å². The fourth-order valence-electron chi connectivity index (χ4n) is 4.62. The minimum atomic E-state index is -0.381. The predicted molar refractivity (Wildman–Crippen MR) is 131 cm³/mol. The largest absolute Gasteiger partial charge is 0.324 e. The van der Waals surface area contributed by atoms with Crippen LogP contribution in [0.3, 0.4) is 0 Å². The number of fused-ring (bicyclic) bond motifs is 1. The average molecular weight is 439 g/mol. The van der Waals surface area contributed by atoms with Crippen LogP contribution in [-0.4, -0.2) is 50.4 Å². The highest BCUT2D eigenvalue weighted by Gasteiger charge is 2.50. The van der Waals surface area contributed by atoms with E-state index in [2.05, 4.69) is 38.0 Å². The van der Waals surface area contributed by atoms with Crippen LogP contribution in [0.15, 0.2) is 36.5 Å². The molecule has 174 valence electrons. The van der Waals surface area contributed by atoms with Crippen LogP contribution in [0.5, 0.6) is 0 Å². The number of carbonyl (C=O) groups excluding carboxylic acids is 2. The van der Waals surface area contributed by atoms with E-state index in [4.69, 9.17) is 0 Å². The molecule has 2 heterocycles. The lowest BCUT2D eigenvalue weighted by molar-refractivity contribution is -0.122. The first kappa shape index (κ1) is 24.0. The molecule has 1 N–H and O–H groups in total. The zero-order valence-electron chi connectivity index (χ0n) is 20.6. The first-order valence-corrected chi connectivity index (χ1v) is 11.7. The van der Waals surface area contributed by atoms with Crippen molar-refractivity contribution < 1.29 is 9.59 Å². The summed E-state index contributed by atoms with van der Waals surface area (Å²) >= 11 is 0. The summed E-state index contributed by atoms with van der Waals surface area (Å²) in [5.74, 6) is -0.344. The Kier molecular flexibility index (Phi) is 6.82. The van der Waals surface area contributed by atoms with Crippen molar-refractivity contribution in [2.45, 2.75) is 84.8 Å². The van der Waals surface area contributed by atoms with E-state index < -0.39 is 0 Å². The number of urea groups is 1. The van der Waals surface area contributed by atoms with Crippen molar-refractivity contribution in [3.8, 4) is 0 Å². The van der Waals surface area contributed by atoms with Crippen molar-refractivity contribution in [3.05, 3.63) is 36.5 Å². The summed E-state index contributed by atoms with van der Waals surface area (Å²) in [5.41, 5.74) is 0.812. The Bertz CT molecular complexity index is 968. The summed E-state index contributed by atoms with van der Waals surface area (Å²) in [6.45, 7) is 15.0. The summed E-state index contributed by atoms with van der Waals surface area (Å²) in [6.07, 6.45) is 4.41. The highest BCUT2D eigenvalue weighted by molar-refractivity contribution is 6.01. The van der Waals surface area contributed by atoms with Crippen LogP contribution in [0.4, 0.5) is 10.5 Å². The van der Waals surface area contributed by atoms with Gasteiger partial charge in [0.1, 0.15) is 0 Å². The summed E-state index contributed by atoms with van der Waals surface area (Å²) in [7, 11) is 0. The van der Waals surface area contributed by atoms with E-state index >= 15 is 0 Å². The lowest BCUT2D eigenvalue weighted by atomic mass is 9.89. The third-order valence-electron chi connectivity index (χ3n) is 6.23. The number of hydrogen-bond donors (Lipinski definition) is 1. The van der Waals surface area contributed by atoms with E-state index in [9.17, 15) is 9.59 Å². The van der Waals surface area contributed by atoms with E-state index in [0.29, 0.717) is 12.2 Å². The third-order valence-corrected chi connectivity index (χ3v) is 6.23. The predicted octanol–water partition coefficient (Wildman–Crippen LogP) is 5.68. The lowest BCUT2D eigenvalue weighted by Crippen LogP contribution is -2.53. The van der Waals surface area contributed by atoms with Crippen molar-refractivity contribution >= 4 is 28.5 Å². The maximum Gasteiger partial charge on any atom is 0.321 e. The van der Waals surface area contributed by atoms with Gasteiger partial charge in [-0.2, -0.15) is 0 Å². The Morgan fingerprint density at radius 2 is 1.81 bits per heavy atom. The molecule has 0 bridgehead atoms. The van der Waals surface area contributed by atoms with Gasteiger partial charge in [0, 0.05) is 29.2 Å². The zero-order valence-corrected chi connectivity index (χ0v) is 20.6. The molecule has 2 aromatic rings. The van der Waals surface area contributed by atoms with Crippen LogP contribution in [-0.2, 0) is 4.79 Å². The Morgan fingerprint density at radius 3 is 2.44 bits per heavy atom. The summed E-state index contributed by atoms with van der Waals surface area (Å²) < 4.78 is 0. The molecule has 6 nitrogen and oxygen atoms in total. The van der Waals surface area contributed by atoms with Crippen LogP contribution in [0.25, 0.3) is 10.9 Å². The molecule has 2 unspecified atom stereocenters. The number of amides is 3. The molecule has 1 aromatic carbocycles. The number of aromatic nitrogens is 1. The molecule has 2 atom stereocenters. The SMILES string of the molecule is CCCCC(C(=O)Nc1cccc2cccnc12)C1CN(C(C)(C)C)C(=O)N1C(C)(C)C. The van der Waals surface area contributed by atoms with E-state index in [1.807, 2.05) is 60.9 Å². The highest BCUT2D eigenvalue weighted by atomic mass is 16.2. The molecule has 32 heavy (non-hydrogen) atoms. The first-order valence-electron chi connectivity index (χ1n) is 11.7. The Labute approximate surface area is 192 Å². The number of pyridine rings is 1. The van der Waals surface area contributed by atoms with Crippen LogP contribution in [0.2, 0.25) is 0 Å². The number of carbonyl (C=O) groups is 2. The molecule has 0 aliphatic carbocycles. The van der Waals surface area contributed by atoms with Crippen molar-refractivity contribution in [3.63, 3.8) is 0 Å². The quantitative estimate of drug-likeness (QED) is 0.631. The fourth-order valence-corrected chi connectivity index (χ4v) is 4.62. The van der Waals surface area contributed by atoms with Gasteiger partial charge in [-0.1, -0.05) is 38.0 Å². The number of rotatable bonds is 6. The van der Waals surface area contributed by atoms with E-state index in [1.165, 1.54) is 0 Å². The molecule has 1 aliphatic heterocycles. The number of anilines is 1. The van der Waals surface area contributed by atoms with Gasteiger partial charge in [-0.25, -0.2) is 4.79 Å². The maximum atomic E-state index is 13.7. The van der Waals surface area contributed by atoms with E-state index in [1.54, 1.807) is 6.20 Å². The van der Waals surface area contributed by atoms with Crippen LogP contribution >= 0.6 is 0 Å². The molecule has 1 saturated heterocycles. The third kappa shape index (κ3) is 4.89. The van der Waals surface area contributed by atoms with Gasteiger partial charge in [0.15, 0.2) is 0 Å².